The van der Waals surface area contributed by atoms with E-state index in [1.54, 1.807) is 58.0 Å². The first kappa shape index (κ1) is 23.1. The maximum atomic E-state index is 12.8. The first-order valence-electron chi connectivity index (χ1n) is 9.71. The Morgan fingerprint density at radius 2 is 1.78 bits per heavy atom. The summed E-state index contributed by atoms with van der Waals surface area (Å²) in [6.07, 6.45) is 1.41. The number of hydrazone groups is 1. The third-order valence-electron chi connectivity index (χ3n) is 4.67. The van der Waals surface area contributed by atoms with Crippen LogP contribution in [0.2, 0.25) is 0 Å². The Kier molecular flexibility index (Phi) is 6.69. The maximum absolute atomic E-state index is 12.8. The molecule has 0 aliphatic heterocycles. The van der Waals surface area contributed by atoms with Gasteiger partial charge < -0.3 is 13.3 Å². The second-order valence-electron chi connectivity index (χ2n) is 7.24. The third-order valence-corrected chi connectivity index (χ3v) is 6.04. The van der Waals surface area contributed by atoms with Crippen molar-refractivity contribution in [3.63, 3.8) is 0 Å². The predicted octanol–water partition coefficient (Wildman–Crippen LogP) is 4.05. The number of hydrogen-bond acceptors (Lipinski definition) is 7. The van der Waals surface area contributed by atoms with Crippen LogP contribution in [0.1, 0.15) is 38.6 Å². The highest BCUT2D eigenvalue weighted by Crippen LogP contribution is 2.31. The molecule has 0 spiro atoms. The Labute approximate surface area is 187 Å². The summed E-state index contributed by atoms with van der Waals surface area (Å²) in [6, 6.07) is 11.4. The molecule has 2 aromatic carbocycles. The standard InChI is InChI=1S/C23H24N2O6S/c1-14-6-7-15(2)22(10-14)32(27,28)31-20-9-8-18(12-21(20)29-5)13-24-25-23(26)19-11-16(3)30-17(19)4/h6-13H,1-5H3,(H,25,26)/b24-13+. The van der Waals surface area contributed by atoms with Gasteiger partial charge >= 0.3 is 10.1 Å². The summed E-state index contributed by atoms with van der Waals surface area (Å²) >= 11 is 0. The average Bonchev–Trinajstić information content (AvgIpc) is 3.08. The fourth-order valence-electron chi connectivity index (χ4n) is 3.05. The Hall–Kier alpha value is -3.59. The Balaban J connectivity index is 1.77. The topological polar surface area (TPSA) is 107 Å². The van der Waals surface area contributed by atoms with Crippen LogP contribution in [0.4, 0.5) is 0 Å². The summed E-state index contributed by atoms with van der Waals surface area (Å²) in [7, 11) is -2.65. The first-order valence-corrected chi connectivity index (χ1v) is 11.1. The van der Waals surface area contributed by atoms with Gasteiger partial charge in [-0.05, 0) is 74.7 Å². The van der Waals surface area contributed by atoms with E-state index in [2.05, 4.69) is 10.5 Å². The van der Waals surface area contributed by atoms with Crippen molar-refractivity contribution in [2.24, 2.45) is 5.10 Å². The van der Waals surface area contributed by atoms with Crippen molar-refractivity contribution < 1.29 is 26.5 Å². The molecule has 0 fully saturated rings. The fourth-order valence-corrected chi connectivity index (χ4v) is 4.31. The molecule has 0 saturated heterocycles. The van der Waals surface area contributed by atoms with Gasteiger partial charge in [-0.15, -0.1) is 0 Å². The molecule has 0 unspecified atom stereocenters. The van der Waals surface area contributed by atoms with E-state index in [4.69, 9.17) is 13.3 Å². The number of hydrogen-bond donors (Lipinski definition) is 1. The molecule has 0 radical (unpaired) electrons. The van der Waals surface area contributed by atoms with Gasteiger partial charge in [-0.1, -0.05) is 12.1 Å². The predicted molar refractivity (Wildman–Crippen MR) is 120 cm³/mol. The van der Waals surface area contributed by atoms with Crippen LogP contribution in [0.5, 0.6) is 11.5 Å². The highest BCUT2D eigenvalue weighted by atomic mass is 32.2. The van der Waals surface area contributed by atoms with E-state index in [-0.39, 0.29) is 16.4 Å². The largest absolute Gasteiger partial charge is 0.493 e. The number of carbonyl (C=O) groups is 1. The molecule has 168 valence electrons. The van der Waals surface area contributed by atoms with Crippen LogP contribution < -0.4 is 14.3 Å². The second-order valence-corrected chi connectivity index (χ2v) is 8.76. The molecule has 3 aromatic rings. The van der Waals surface area contributed by atoms with Gasteiger partial charge in [0.15, 0.2) is 11.5 Å². The number of nitrogens with zero attached hydrogens (tertiary/aromatic N) is 1. The van der Waals surface area contributed by atoms with Gasteiger partial charge in [0.25, 0.3) is 5.91 Å². The van der Waals surface area contributed by atoms with E-state index in [1.165, 1.54) is 19.4 Å². The van der Waals surface area contributed by atoms with E-state index in [9.17, 15) is 13.2 Å². The Morgan fingerprint density at radius 3 is 2.44 bits per heavy atom. The molecule has 0 bridgehead atoms. The molecule has 9 heteroatoms. The van der Waals surface area contributed by atoms with Crippen LogP contribution in [-0.4, -0.2) is 27.6 Å². The van der Waals surface area contributed by atoms with Crippen molar-refractivity contribution in [1.29, 1.82) is 0 Å². The van der Waals surface area contributed by atoms with Crippen molar-refractivity contribution in [3.05, 3.63) is 76.2 Å². The lowest BCUT2D eigenvalue weighted by Gasteiger charge is -2.13. The van der Waals surface area contributed by atoms with Gasteiger partial charge in [-0.25, -0.2) is 5.43 Å². The lowest BCUT2D eigenvalue weighted by Crippen LogP contribution is -2.17. The van der Waals surface area contributed by atoms with E-state index in [1.807, 2.05) is 6.07 Å². The smallest absolute Gasteiger partial charge is 0.339 e. The number of nitrogens with one attached hydrogen (secondary N) is 1. The van der Waals surface area contributed by atoms with Gasteiger partial charge in [0, 0.05) is 0 Å². The summed E-state index contributed by atoms with van der Waals surface area (Å²) in [5.74, 6) is 0.980. The Bertz CT molecular complexity index is 1290. The molecule has 0 atom stereocenters. The molecular weight excluding hydrogens is 432 g/mol. The zero-order valence-corrected chi connectivity index (χ0v) is 19.2. The number of ether oxygens (including phenoxy) is 1. The molecule has 0 aliphatic carbocycles. The minimum Gasteiger partial charge on any atom is -0.493 e. The lowest BCUT2D eigenvalue weighted by molar-refractivity contribution is 0.0953. The monoisotopic (exact) mass is 456 g/mol. The van der Waals surface area contributed by atoms with Gasteiger partial charge in [0.1, 0.15) is 16.4 Å². The van der Waals surface area contributed by atoms with E-state index in [0.29, 0.717) is 28.2 Å². The number of amides is 1. The SMILES string of the molecule is COc1cc(/C=N/NC(=O)c2cc(C)oc2C)ccc1OS(=O)(=O)c1cc(C)ccc1C. The molecule has 1 heterocycles. The van der Waals surface area contributed by atoms with Crippen molar-refractivity contribution in [2.45, 2.75) is 32.6 Å². The summed E-state index contributed by atoms with van der Waals surface area (Å²) in [5.41, 5.74) is 4.78. The third kappa shape index (κ3) is 5.17. The highest BCUT2D eigenvalue weighted by molar-refractivity contribution is 7.87. The van der Waals surface area contributed by atoms with E-state index in [0.717, 1.165) is 5.56 Å². The van der Waals surface area contributed by atoms with Crippen LogP contribution in [0.25, 0.3) is 0 Å². The van der Waals surface area contributed by atoms with E-state index >= 15 is 0 Å². The molecule has 32 heavy (non-hydrogen) atoms. The summed E-state index contributed by atoms with van der Waals surface area (Å²) < 4.78 is 41.5. The van der Waals surface area contributed by atoms with Gasteiger partial charge in [-0.3, -0.25) is 4.79 Å². The molecule has 3 rings (SSSR count). The fraction of sp³-hybridized carbons (Fsp3) is 0.217. The molecule has 1 aromatic heterocycles. The number of aryl methyl sites for hydroxylation is 4. The Morgan fingerprint density at radius 1 is 1.03 bits per heavy atom. The quantitative estimate of drug-likeness (QED) is 0.326. The molecule has 1 N–H and O–H groups in total. The van der Waals surface area contributed by atoms with Crippen LogP contribution in [-0.2, 0) is 10.1 Å². The van der Waals surface area contributed by atoms with Crippen molar-refractivity contribution >= 4 is 22.2 Å². The zero-order chi connectivity index (χ0) is 23.5. The van der Waals surface area contributed by atoms with Crippen LogP contribution >= 0.6 is 0 Å². The minimum atomic E-state index is -4.05. The van der Waals surface area contributed by atoms with Gasteiger partial charge in [-0.2, -0.15) is 13.5 Å². The molecular formula is C23H24N2O6S. The van der Waals surface area contributed by atoms with Gasteiger partial charge in [0.05, 0.1) is 18.9 Å². The average molecular weight is 457 g/mol. The zero-order valence-electron chi connectivity index (χ0n) is 18.4. The number of furan rings is 1. The maximum Gasteiger partial charge on any atom is 0.339 e. The number of rotatable bonds is 7. The van der Waals surface area contributed by atoms with E-state index < -0.39 is 16.0 Å². The minimum absolute atomic E-state index is 0.0408. The molecule has 0 saturated carbocycles. The molecule has 1 amide bonds. The van der Waals surface area contributed by atoms with Gasteiger partial charge in [0.2, 0.25) is 0 Å². The second kappa shape index (κ2) is 9.27. The first-order chi connectivity index (χ1) is 15.1. The molecule has 8 nitrogen and oxygen atoms in total. The summed E-state index contributed by atoms with van der Waals surface area (Å²) in [4.78, 5) is 12.3. The van der Waals surface area contributed by atoms with Crippen molar-refractivity contribution in [1.82, 2.24) is 5.43 Å². The number of benzene rings is 2. The number of carbonyl (C=O) groups excluding carboxylic acids is 1. The summed E-state index contributed by atoms with van der Waals surface area (Å²) in [6.45, 7) is 6.96. The summed E-state index contributed by atoms with van der Waals surface area (Å²) in [5, 5.41) is 3.94. The van der Waals surface area contributed by atoms with Crippen molar-refractivity contribution in [3.8, 4) is 11.5 Å². The molecule has 0 aliphatic rings. The number of methoxy groups -OCH3 is 1. The van der Waals surface area contributed by atoms with Crippen LogP contribution in [0, 0.1) is 27.7 Å². The highest BCUT2D eigenvalue weighted by Gasteiger charge is 2.21. The van der Waals surface area contributed by atoms with Crippen molar-refractivity contribution in [2.75, 3.05) is 7.11 Å². The van der Waals surface area contributed by atoms with Crippen LogP contribution in [0.15, 0.2) is 56.9 Å². The normalized spacial score (nSPS) is 11.5. The lowest BCUT2D eigenvalue weighted by atomic mass is 10.2. The van der Waals surface area contributed by atoms with Crippen LogP contribution in [0.3, 0.4) is 0 Å².